The Morgan fingerprint density at radius 2 is 1.90 bits per heavy atom. The highest BCUT2D eigenvalue weighted by Crippen LogP contribution is 2.21. The third-order valence-electron chi connectivity index (χ3n) is 5.43. The topological polar surface area (TPSA) is 70.7 Å². The van der Waals surface area contributed by atoms with E-state index in [-0.39, 0.29) is 18.0 Å². The lowest BCUT2D eigenvalue weighted by molar-refractivity contribution is -0.121. The summed E-state index contributed by atoms with van der Waals surface area (Å²) in [4.78, 5) is 26.9. The van der Waals surface area contributed by atoms with Gasteiger partial charge in [-0.3, -0.25) is 9.69 Å². The molecular weight excluding hydrogens is 378 g/mol. The molecular formula is C24H33N3O3. The molecule has 3 rings (SSSR count). The first kappa shape index (κ1) is 22.1. The Bertz CT molecular complexity index is 891. The summed E-state index contributed by atoms with van der Waals surface area (Å²) in [6, 6.07) is 13.8. The van der Waals surface area contributed by atoms with Crippen molar-refractivity contribution in [2.45, 2.75) is 52.2 Å². The number of carbonyl (C=O) groups is 2. The average Bonchev–Trinajstić information content (AvgIpc) is 2.70. The maximum Gasteiger partial charge on any atom is 0.407 e. The number of alkyl carbamates (subject to hydrolysis) is 1. The van der Waals surface area contributed by atoms with Crippen LogP contribution in [0.1, 0.15) is 40.5 Å². The van der Waals surface area contributed by atoms with E-state index in [1.165, 1.54) is 0 Å². The van der Waals surface area contributed by atoms with Crippen molar-refractivity contribution in [3.8, 4) is 0 Å². The van der Waals surface area contributed by atoms with Crippen LogP contribution < -0.4 is 10.6 Å². The van der Waals surface area contributed by atoms with E-state index in [1.54, 1.807) is 0 Å². The molecule has 6 heteroatoms. The fourth-order valence-corrected chi connectivity index (χ4v) is 3.84. The highest BCUT2D eigenvalue weighted by atomic mass is 16.6. The van der Waals surface area contributed by atoms with Crippen LogP contribution in [-0.4, -0.2) is 48.2 Å². The number of rotatable bonds is 5. The number of hydrogen-bond acceptors (Lipinski definition) is 4. The zero-order valence-electron chi connectivity index (χ0n) is 18.4. The number of nitrogens with one attached hydrogen (secondary N) is 2. The number of piperidine rings is 1. The number of anilines is 1. The minimum absolute atomic E-state index is 0.00830. The molecule has 1 heterocycles. The van der Waals surface area contributed by atoms with Crippen LogP contribution in [0.3, 0.4) is 0 Å². The molecule has 0 spiro atoms. The molecule has 1 fully saturated rings. The summed E-state index contributed by atoms with van der Waals surface area (Å²) in [6.45, 7) is 9.72. The maximum absolute atomic E-state index is 12.8. The first-order chi connectivity index (χ1) is 14.2. The smallest absolute Gasteiger partial charge is 0.407 e. The van der Waals surface area contributed by atoms with Crippen LogP contribution in [-0.2, 0) is 9.53 Å². The predicted octanol–water partition coefficient (Wildman–Crippen LogP) is 4.40. The minimum Gasteiger partial charge on any atom is -0.444 e. The molecule has 162 valence electrons. The second kappa shape index (κ2) is 9.47. The molecule has 0 radical (unpaired) electrons. The number of amides is 2. The van der Waals surface area contributed by atoms with Crippen LogP contribution >= 0.6 is 0 Å². The molecule has 1 aliphatic rings. The molecule has 0 bridgehead atoms. The summed E-state index contributed by atoms with van der Waals surface area (Å²) in [7, 11) is 0. The SMILES string of the molecule is CC(C(=O)Nc1ccc2ccccc2c1)N1CCCC(CNC(=O)OC(C)(C)C)C1. The Labute approximate surface area is 179 Å². The van der Waals surface area contributed by atoms with Crippen LogP contribution in [0.4, 0.5) is 10.5 Å². The van der Waals surface area contributed by atoms with Crippen molar-refractivity contribution in [3.63, 3.8) is 0 Å². The van der Waals surface area contributed by atoms with Crippen LogP contribution in [0, 0.1) is 5.92 Å². The third kappa shape index (κ3) is 6.20. The summed E-state index contributed by atoms with van der Waals surface area (Å²) in [6.07, 6.45) is 1.65. The molecule has 2 amide bonds. The zero-order valence-corrected chi connectivity index (χ0v) is 18.4. The molecule has 6 nitrogen and oxygen atoms in total. The van der Waals surface area contributed by atoms with Crippen LogP contribution in [0.5, 0.6) is 0 Å². The minimum atomic E-state index is -0.502. The number of nitrogens with zero attached hydrogens (tertiary/aromatic N) is 1. The van der Waals surface area contributed by atoms with Gasteiger partial charge in [0.05, 0.1) is 6.04 Å². The van der Waals surface area contributed by atoms with Gasteiger partial charge in [0.15, 0.2) is 0 Å². The first-order valence-corrected chi connectivity index (χ1v) is 10.7. The molecule has 0 aliphatic carbocycles. The fraction of sp³-hybridized carbons (Fsp3) is 0.500. The molecule has 2 N–H and O–H groups in total. The van der Waals surface area contributed by atoms with Crippen molar-refractivity contribution in [1.82, 2.24) is 10.2 Å². The molecule has 1 aliphatic heterocycles. The number of ether oxygens (including phenoxy) is 1. The number of fused-ring (bicyclic) bond motifs is 1. The van der Waals surface area contributed by atoms with Crippen LogP contribution in [0.2, 0.25) is 0 Å². The number of carbonyl (C=O) groups excluding carboxylic acids is 2. The lowest BCUT2D eigenvalue weighted by Crippen LogP contribution is -2.49. The van der Waals surface area contributed by atoms with Crippen molar-refractivity contribution in [3.05, 3.63) is 42.5 Å². The third-order valence-corrected chi connectivity index (χ3v) is 5.43. The van der Waals surface area contributed by atoms with E-state index < -0.39 is 5.60 Å². The monoisotopic (exact) mass is 411 g/mol. The van der Waals surface area contributed by atoms with E-state index >= 15 is 0 Å². The van der Waals surface area contributed by atoms with Gasteiger partial charge < -0.3 is 15.4 Å². The quantitative estimate of drug-likeness (QED) is 0.765. The van der Waals surface area contributed by atoms with Gasteiger partial charge in [0.1, 0.15) is 5.60 Å². The number of hydrogen-bond donors (Lipinski definition) is 2. The number of benzene rings is 2. The first-order valence-electron chi connectivity index (χ1n) is 10.7. The maximum atomic E-state index is 12.8. The second-order valence-corrected chi connectivity index (χ2v) is 9.11. The van der Waals surface area contributed by atoms with Crippen molar-refractivity contribution < 1.29 is 14.3 Å². The summed E-state index contributed by atoms with van der Waals surface area (Å²) in [5.74, 6) is 0.299. The Hall–Kier alpha value is -2.60. The molecule has 30 heavy (non-hydrogen) atoms. The van der Waals surface area contributed by atoms with Gasteiger partial charge in [-0.2, -0.15) is 0 Å². The second-order valence-electron chi connectivity index (χ2n) is 9.11. The van der Waals surface area contributed by atoms with Crippen molar-refractivity contribution >= 4 is 28.5 Å². The summed E-state index contributed by atoms with van der Waals surface area (Å²) < 4.78 is 5.31. The van der Waals surface area contributed by atoms with Gasteiger partial charge in [-0.1, -0.05) is 30.3 Å². The molecule has 2 atom stereocenters. The highest BCUT2D eigenvalue weighted by molar-refractivity contribution is 5.97. The molecule has 2 aromatic rings. The van der Waals surface area contributed by atoms with Crippen molar-refractivity contribution in [1.29, 1.82) is 0 Å². The standard InChI is InChI=1S/C24H33N3O3/c1-17(22(28)26-21-12-11-19-9-5-6-10-20(19)14-21)27-13-7-8-18(16-27)15-25-23(29)30-24(2,3)4/h5-6,9-12,14,17-18H,7-8,13,15-16H2,1-4H3,(H,25,29)(H,26,28). The Morgan fingerprint density at radius 1 is 1.17 bits per heavy atom. The molecule has 2 unspecified atom stereocenters. The van der Waals surface area contributed by atoms with Gasteiger partial charge in [0.25, 0.3) is 0 Å². The molecule has 0 aromatic heterocycles. The van der Waals surface area contributed by atoms with E-state index in [0.717, 1.165) is 42.4 Å². The van der Waals surface area contributed by atoms with Gasteiger partial charge >= 0.3 is 6.09 Å². The molecule has 0 saturated carbocycles. The van der Waals surface area contributed by atoms with Gasteiger partial charge in [-0.15, -0.1) is 0 Å². The van der Waals surface area contributed by atoms with Crippen LogP contribution in [0.15, 0.2) is 42.5 Å². The lowest BCUT2D eigenvalue weighted by Gasteiger charge is -2.36. The summed E-state index contributed by atoms with van der Waals surface area (Å²) in [5.41, 5.74) is 0.309. The Morgan fingerprint density at radius 3 is 2.63 bits per heavy atom. The largest absolute Gasteiger partial charge is 0.444 e. The lowest BCUT2D eigenvalue weighted by atomic mass is 9.96. The van der Waals surface area contributed by atoms with Crippen molar-refractivity contribution in [2.75, 3.05) is 25.0 Å². The number of likely N-dealkylation sites (tertiary alicyclic amines) is 1. The Kier molecular flexibility index (Phi) is 6.98. The van der Waals surface area contributed by atoms with Gasteiger partial charge in [-0.25, -0.2) is 4.79 Å². The molecule has 2 aromatic carbocycles. The van der Waals surface area contributed by atoms with Gasteiger partial charge in [0.2, 0.25) is 5.91 Å². The zero-order chi connectivity index (χ0) is 21.7. The van der Waals surface area contributed by atoms with E-state index in [0.29, 0.717) is 12.5 Å². The van der Waals surface area contributed by atoms with E-state index in [9.17, 15) is 9.59 Å². The average molecular weight is 412 g/mol. The summed E-state index contributed by atoms with van der Waals surface area (Å²) >= 11 is 0. The van der Waals surface area contributed by atoms with Crippen LogP contribution in [0.25, 0.3) is 10.8 Å². The van der Waals surface area contributed by atoms with Gasteiger partial charge in [0, 0.05) is 18.8 Å². The Balaban J connectivity index is 1.52. The predicted molar refractivity (Wildman–Crippen MR) is 121 cm³/mol. The van der Waals surface area contributed by atoms with E-state index in [4.69, 9.17) is 4.74 Å². The summed E-state index contributed by atoms with van der Waals surface area (Å²) in [5, 5.41) is 8.18. The highest BCUT2D eigenvalue weighted by Gasteiger charge is 2.28. The molecule has 1 saturated heterocycles. The van der Waals surface area contributed by atoms with E-state index in [1.807, 2.05) is 64.1 Å². The van der Waals surface area contributed by atoms with E-state index in [2.05, 4.69) is 21.6 Å². The van der Waals surface area contributed by atoms with Crippen molar-refractivity contribution in [2.24, 2.45) is 5.92 Å². The normalized spacial score (nSPS) is 18.6. The fourth-order valence-electron chi connectivity index (χ4n) is 3.84. The van der Waals surface area contributed by atoms with Gasteiger partial charge in [-0.05, 0) is 75.9 Å².